The molecule has 0 unspecified atom stereocenters. The lowest BCUT2D eigenvalue weighted by Crippen LogP contribution is -2.54. The molecule has 1 saturated heterocycles. The largest absolute Gasteiger partial charge is 0.379 e. The quantitative estimate of drug-likeness (QED) is 0.871. The van der Waals surface area contributed by atoms with Crippen LogP contribution in [-0.4, -0.2) is 49.3 Å². The zero-order chi connectivity index (χ0) is 16.5. The molecule has 2 aliphatic rings. The summed E-state index contributed by atoms with van der Waals surface area (Å²) < 4.78 is 11.4. The van der Waals surface area contributed by atoms with Crippen molar-refractivity contribution in [2.75, 3.05) is 20.3 Å². The number of hydrogen-bond donors (Lipinski definition) is 0. The standard InChI is InChI=1S/C20H23NO3/c1-23-18-9-8-17-20(18)24-11-10-21(17)19(22)13-14-6-7-15-4-2-3-5-16(15)12-14/h2-7,12,17-18,20H,8-11,13H2,1H3/t17-,18-,20+/m0/s1. The molecule has 1 aliphatic carbocycles. The topological polar surface area (TPSA) is 38.8 Å². The van der Waals surface area contributed by atoms with Gasteiger partial charge in [0.25, 0.3) is 0 Å². The second-order valence-corrected chi connectivity index (χ2v) is 6.70. The monoisotopic (exact) mass is 325 g/mol. The molecule has 126 valence electrons. The minimum absolute atomic E-state index is 0.0318. The van der Waals surface area contributed by atoms with Crippen molar-refractivity contribution >= 4 is 16.7 Å². The highest BCUT2D eigenvalue weighted by Gasteiger charge is 2.44. The van der Waals surface area contributed by atoms with Crippen molar-refractivity contribution in [3.63, 3.8) is 0 Å². The average Bonchev–Trinajstić information content (AvgIpc) is 3.04. The van der Waals surface area contributed by atoms with Crippen LogP contribution in [-0.2, 0) is 20.7 Å². The second kappa shape index (κ2) is 6.54. The molecule has 0 bridgehead atoms. The van der Waals surface area contributed by atoms with Gasteiger partial charge in [0.15, 0.2) is 0 Å². The maximum Gasteiger partial charge on any atom is 0.227 e. The van der Waals surface area contributed by atoms with Gasteiger partial charge in [0.05, 0.1) is 25.2 Å². The molecule has 0 spiro atoms. The van der Waals surface area contributed by atoms with E-state index in [1.807, 2.05) is 17.0 Å². The summed E-state index contributed by atoms with van der Waals surface area (Å²) >= 11 is 0. The fourth-order valence-corrected chi connectivity index (χ4v) is 4.10. The number of rotatable bonds is 3. The van der Waals surface area contributed by atoms with Gasteiger partial charge in [-0.15, -0.1) is 0 Å². The maximum atomic E-state index is 12.9. The number of morpholine rings is 1. The predicted octanol–water partition coefficient (Wildman–Crippen LogP) is 2.79. The van der Waals surface area contributed by atoms with E-state index in [1.165, 1.54) is 10.8 Å². The Morgan fingerprint density at radius 2 is 2.04 bits per heavy atom. The Hall–Kier alpha value is -1.91. The molecule has 1 saturated carbocycles. The highest BCUT2D eigenvalue weighted by molar-refractivity contribution is 5.85. The predicted molar refractivity (Wildman–Crippen MR) is 92.9 cm³/mol. The molecule has 2 fully saturated rings. The first-order valence-corrected chi connectivity index (χ1v) is 8.68. The Morgan fingerprint density at radius 1 is 1.21 bits per heavy atom. The molecule has 2 aromatic rings. The molecule has 4 nitrogen and oxygen atoms in total. The number of carbonyl (C=O) groups is 1. The van der Waals surface area contributed by atoms with Gasteiger partial charge in [-0.05, 0) is 29.2 Å². The van der Waals surface area contributed by atoms with Crippen molar-refractivity contribution in [3.05, 3.63) is 48.0 Å². The number of ether oxygens (including phenoxy) is 2. The normalized spacial score (nSPS) is 26.5. The van der Waals surface area contributed by atoms with Gasteiger partial charge in [-0.3, -0.25) is 4.79 Å². The Bertz CT molecular complexity index is 744. The van der Waals surface area contributed by atoms with Crippen LogP contribution in [0.4, 0.5) is 0 Å². The zero-order valence-corrected chi connectivity index (χ0v) is 14.0. The Morgan fingerprint density at radius 3 is 2.88 bits per heavy atom. The minimum Gasteiger partial charge on any atom is -0.379 e. The van der Waals surface area contributed by atoms with E-state index in [1.54, 1.807) is 7.11 Å². The van der Waals surface area contributed by atoms with Crippen LogP contribution in [0.15, 0.2) is 42.5 Å². The van der Waals surface area contributed by atoms with Gasteiger partial charge in [0.1, 0.15) is 6.10 Å². The van der Waals surface area contributed by atoms with Crippen LogP contribution >= 0.6 is 0 Å². The highest BCUT2D eigenvalue weighted by Crippen LogP contribution is 2.32. The molecule has 0 aromatic heterocycles. The first-order chi connectivity index (χ1) is 11.8. The number of fused-ring (bicyclic) bond motifs is 2. The van der Waals surface area contributed by atoms with E-state index in [2.05, 4.69) is 30.3 Å². The number of hydrogen-bond acceptors (Lipinski definition) is 3. The van der Waals surface area contributed by atoms with Crippen molar-refractivity contribution in [1.29, 1.82) is 0 Å². The van der Waals surface area contributed by atoms with Crippen molar-refractivity contribution in [1.82, 2.24) is 4.90 Å². The van der Waals surface area contributed by atoms with Crippen LogP contribution in [0.3, 0.4) is 0 Å². The number of amides is 1. The van der Waals surface area contributed by atoms with Crippen molar-refractivity contribution in [2.45, 2.75) is 37.5 Å². The molecule has 1 heterocycles. The van der Waals surface area contributed by atoms with E-state index in [4.69, 9.17) is 9.47 Å². The van der Waals surface area contributed by atoms with Gasteiger partial charge in [0.2, 0.25) is 5.91 Å². The molecular weight excluding hydrogens is 302 g/mol. The molecule has 0 radical (unpaired) electrons. The second-order valence-electron chi connectivity index (χ2n) is 6.70. The molecular formula is C20H23NO3. The third-order valence-electron chi connectivity index (χ3n) is 5.33. The molecule has 24 heavy (non-hydrogen) atoms. The first kappa shape index (κ1) is 15.6. The molecule has 4 heteroatoms. The van der Waals surface area contributed by atoms with Gasteiger partial charge in [-0.2, -0.15) is 0 Å². The zero-order valence-electron chi connectivity index (χ0n) is 14.0. The van der Waals surface area contributed by atoms with E-state index >= 15 is 0 Å². The summed E-state index contributed by atoms with van der Waals surface area (Å²) in [6.45, 7) is 1.29. The molecule has 2 aromatic carbocycles. The summed E-state index contributed by atoms with van der Waals surface area (Å²) in [4.78, 5) is 14.9. The Labute approximate surface area is 142 Å². The van der Waals surface area contributed by atoms with E-state index in [0.717, 1.165) is 18.4 Å². The summed E-state index contributed by atoms with van der Waals surface area (Å²) in [7, 11) is 1.73. The molecule has 1 aliphatic heterocycles. The van der Waals surface area contributed by atoms with Crippen LogP contribution < -0.4 is 0 Å². The van der Waals surface area contributed by atoms with E-state index in [9.17, 15) is 4.79 Å². The van der Waals surface area contributed by atoms with E-state index in [-0.39, 0.29) is 24.2 Å². The fraction of sp³-hybridized carbons (Fsp3) is 0.450. The first-order valence-electron chi connectivity index (χ1n) is 8.68. The third-order valence-corrected chi connectivity index (χ3v) is 5.33. The summed E-state index contributed by atoms with van der Waals surface area (Å²) in [5.74, 6) is 0.195. The highest BCUT2D eigenvalue weighted by atomic mass is 16.5. The Balaban J connectivity index is 1.50. The summed E-state index contributed by atoms with van der Waals surface area (Å²) in [6, 6.07) is 14.7. The lowest BCUT2D eigenvalue weighted by Gasteiger charge is -2.39. The van der Waals surface area contributed by atoms with Crippen LogP contribution in [0, 0.1) is 0 Å². The lowest BCUT2D eigenvalue weighted by molar-refractivity contribution is -0.149. The lowest BCUT2D eigenvalue weighted by atomic mass is 10.0. The number of nitrogens with zero attached hydrogens (tertiary/aromatic N) is 1. The van der Waals surface area contributed by atoms with Crippen molar-refractivity contribution in [3.8, 4) is 0 Å². The van der Waals surface area contributed by atoms with Gasteiger partial charge in [-0.1, -0.05) is 42.5 Å². The smallest absolute Gasteiger partial charge is 0.227 e. The van der Waals surface area contributed by atoms with Gasteiger partial charge >= 0.3 is 0 Å². The molecule has 3 atom stereocenters. The van der Waals surface area contributed by atoms with E-state index < -0.39 is 0 Å². The minimum atomic E-state index is 0.0318. The number of benzene rings is 2. The van der Waals surface area contributed by atoms with E-state index in [0.29, 0.717) is 19.6 Å². The Kier molecular flexibility index (Phi) is 4.25. The van der Waals surface area contributed by atoms with Gasteiger partial charge in [-0.25, -0.2) is 0 Å². The van der Waals surface area contributed by atoms with Crippen molar-refractivity contribution in [2.24, 2.45) is 0 Å². The average molecular weight is 325 g/mol. The summed E-state index contributed by atoms with van der Waals surface area (Å²) in [5.41, 5.74) is 1.07. The fourth-order valence-electron chi connectivity index (χ4n) is 4.10. The summed E-state index contributed by atoms with van der Waals surface area (Å²) in [5, 5.41) is 2.39. The molecule has 0 N–H and O–H groups in total. The van der Waals surface area contributed by atoms with Crippen LogP contribution in [0.2, 0.25) is 0 Å². The maximum absolute atomic E-state index is 12.9. The SMILES string of the molecule is CO[C@H]1CC[C@H]2[C@H]1OCCN2C(=O)Cc1ccc2ccccc2c1. The summed E-state index contributed by atoms with van der Waals surface area (Å²) in [6.07, 6.45) is 2.53. The van der Waals surface area contributed by atoms with Crippen LogP contribution in [0.1, 0.15) is 18.4 Å². The third kappa shape index (κ3) is 2.80. The van der Waals surface area contributed by atoms with Crippen LogP contribution in [0.5, 0.6) is 0 Å². The number of methoxy groups -OCH3 is 1. The van der Waals surface area contributed by atoms with Crippen molar-refractivity contribution < 1.29 is 14.3 Å². The van der Waals surface area contributed by atoms with Crippen LogP contribution in [0.25, 0.3) is 10.8 Å². The number of carbonyl (C=O) groups excluding carboxylic acids is 1. The molecule has 4 rings (SSSR count). The van der Waals surface area contributed by atoms with Gasteiger partial charge in [0, 0.05) is 13.7 Å². The van der Waals surface area contributed by atoms with Gasteiger partial charge < -0.3 is 14.4 Å². The molecule has 1 amide bonds.